The normalized spacial score (nSPS) is 20.5. The summed E-state index contributed by atoms with van der Waals surface area (Å²) in [5, 5.41) is 2.12. The summed E-state index contributed by atoms with van der Waals surface area (Å²) in [6.07, 6.45) is 13.5. The second-order valence-electron chi connectivity index (χ2n) is 4.23. The highest BCUT2D eigenvalue weighted by Gasteiger charge is 2.07. The van der Waals surface area contributed by atoms with Crippen LogP contribution in [0.15, 0.2) is 65.1 Å². The largest absolute Gasteiger partial charge is 0.457 e. The average molecular weight is 248 g/mol. The van der Waals surface area contributed by atoms with E-state index in [-0.39, 0.29) is 0 Å². The van der Waals surface area contributed by atoms with E-state index in [1.54, 1.807) is 30.9 Å². The predicted octanol–water partition coefficient (Wildman–Crippen LogP) is 1.58. The zero-order valence-corrected chi connectivity index (χ0v) is 10.3. The molecule has 0 radical (unpaired) electrons. The van der Waals surface area contributed by atoms with Crippen molar-refractivity contribution in [1.82, 2.24) is 4.98 Å². The van der Waals surface area contributed by atoms with E-state index >= 15 is 0 Å². The summed E-state index contributed by atoms with van der Waals surface area (Å²) < 4.78 is 5.76. The molecule has 3 heteroatoms. The van der Waals surface area contributed by atoms with E-state index in [2.05, 4.69) is 28.4 Å². The first-order valence-corrected chi connectivity index (χ1v) is 5.99. The van der Waals surface area contributed by atoms with E-state index in [4.69, 9.17) is 4.74 Å². The summed E-state index contributed by atoms with van der Waals surface area (Å²) in [4.78, 5) is 8.26. The van der Waals surface area contributed by atoms with Crippen LogP contribution in [-0.2, 0) is 4.74 Å². The monoisotopic (exact) mass is 248 g/mol. The lowest BCUT2D eigenvalue weighted by Crippen LogP contribution is -2.24. The van der Waals surface area contributed by atoms with Crippen LogP contribution in [-0.4, -0.2) is 11.2 Å². The first-order valence-electron chi connectivity index (χ1n) is 5.99. The maximum Gasteiger partial charge on any atom is 0.140 e. The lowest BCUT2D eigenvalue weighted by atomic mass is 10.1. The van der Waals surface area contributed by atoms with Gasteiger partial charge in [0.25, 0.3) is 0 Å². The summed E-state index contributed by atoms with van der Waals surface area (Å²) in [6, 6.07) is 1.98. The second kappa shape index (κ2) is 4.92. The topological polar surface area (TPSA) is 34.5 Å². The zero-order valence-electron chi connectivity index (χ0n) is 10.3. The van der Waals surface area contributed by atoms with Crippen molar-refractivity contribution >= 4 is 18.4 Å². The molecule has 0 atom stereocenters. The molecule has 2 aliphatic rings. The fourth-order valence-electron chi connectivity index (χ4n) is 1.98. The Morgan fingerprint density at radius 1 is 1.32 bits per heavy atom. The van der Waals surface area contributed by atoms with Crippen LogP contribution >= 0.6 is 0 Å². The number of ether oxygens (including phenoxy) is 1. The molecule has 0 amide bonds. The highest BCUT2D eigenvalue weighted by Crippen LogP contribution is 2.17. The van der Waals surface area contributed by atoms with Crippen LogP contribution in [0.25, 0.3) is 12.2 Å². The first kappa shape index (κ1) is 11.5. The van der Waals surface area contributed by atoms with Crippen LogP contribution in [0.5, 0.6) is 0 Å². The van der Waals surface area contributed by atoms with Crippen molar-refractivity contribution < 1.29 is 4.74 Å². The van der Waals surface area contributed by atoms with Crippen molar-refractivity contribution in [3.05, 3.63) is 70.6 Å². The lowest BCUT2D eigenvalue weighted by molar-refractivity contribution is 0.342. The van der Waals surface area contributed by atoms with Crippen LogP contribution in [0.3, 0.4) is 0 Å². The maximum absolute atomic E-state index is 5.76. The van der Waals surface area contributed by atoms with Crippen LogP contribution in [0.4, 0.5) is 0 Å². The Kier molecular flexibility index (Phi) is 2.97. The van der Waals surface area contributed by atoms with Gasteiger partial charge in [-0.2, -0.15) is 0 Å². The highest BCUT2D eigenvalue weighted by atomic mass is 16.5. The number of nitrogens with zero attached hydrogens (tertiary/aromatic N) is 2. The summed E-state index contributed by atoms with van der Waals surface area (Å²) in [6.45, 7) is 3.92. The molecule has 0 bridgehead atoms. The van der Waals surface area contributed by atoms with Gasteiger partial charge in [-0.25, -0.2) is 0 Å². The number of fused-ring (bicyclic) bond motifs is 1. The van der Waals surface area contributed by atoms with Gasteiger partial charge in [-0.05, 0) is 23.8 Å². The molecule has 19 heavy (non-hydrogen) atoms. The van der Waals surface area contributed by atoms with Crippen LogP contribution in [0.1, 0.15) is 6.42 Å². The number of rotatable bonds is 0. The van der Waals surface area contributed by atoms with Gasteiger partial charge in [0.15, 0.2) is 0 Å². The van der Waals surface area contributed by atoms with Gasteiger partial charge in [-0.1, -0.05) is 18.4 Å². The lowest BCUT2D eigenvalue weighted by Gasteiger charge is -2.07. The van der Waals surface area contributed by atoms with Gasteiger partial charge in [0.05, 0.1) is 6.20 Å². The van der Waals surface area contributed by atoms with Crippen molar-refractivity contribution in [2.24, 2.45) is 4.99 Å². The summed E-state index contributed by atoms with van der Waals surface area (Å²) >= 11 is 0. The molecule has 0 N–H and O–H groups in total. The first-order chi connectivity index (χ1) is 9.33. The Hall–Kier alpha value is -2.64. The van der Waals surface area contributed by atoms with E-state index < -0.39 is 0 Å². The van der Waals surface area contributed by atoms with Gasteiger partial charge in [-0.15, -0.1) is 0 Å². The fourth-order valence-corrected chi connectivity index (χ4v) is 1.98. The molecule has 0 aromatic carbocycles. The van der Waals surface area contributed by atoms with Crippen molar-refractivity contribution in [1.29, 1.82) is 0 Å². The minimum absolute atomic E-state index is 0.574. The van der Waals surface area contributed by atoms with E-state index in [0.29, 0.717) is 5.76 Å². The number of aliphatic imine (C=N–C) groups is 1. The molecular weight excluding hydrogens is 236 g/mol. The van der Waals surface area contributed by atoms with Crippen LogP contribution in [0.2, 0.25) is 0 Å². The highest BCUT2D eigenvalue weighted by molar-refractivity contribution is 5.82. The van der Waals surface area contributed by atoms with Crippen molar-refractivity contribution in [3.63, 3.8) is 0 Å². The summed E-state index contributed by atoms with van der Waals surface area (Å²) in [7, 11) is 0. The summed E-state index contributed by atoms with van der Waals surface area (Å²) in [5.74, 6) is 1.31. The van der Waals surface area contributed by atoms with Gasteiger partial charge < -0.3 is 4.74 Å². The molecule has 0 fully saturated rings. The Bertz CT molecular complexity index is 775. The Labute approximate surface area is 111 Å². The van der Waals surface area contributed by atoms with E-state index in [1.165, 1.54) is 0 Å². The van der Waals surface area contributed by atoms with Crippen LogP contribution < -0.4 is 10.4 Å². The molecule has 3 rings (SSSR count). The quantitative estimate of drug-likeness (QED) is 0.653. The number of pyridine rings is 1. The Balaban J connectivity index is 2.18. The SMILES string of the molecule is C=C1/C=c2/cncc/c2=C/CC2=C(C=C=CN=C2)O1. The van der Waals surface area contributed by atoms with Gasteiger partial charge >= 0.3 is 0 Å². The van der Waals surface area contributed by atoms with E-state index in [1.807, 2.05) is 12.1 Å². The third-order valence-corrected chi connectivity index (χ3v) is 2.90. The standard InChI is InChI=1S/C16H12N2O/c1-12-9-15-11-18-8-6-13(15)4-5-14-10-17-7-2-3-16(14)19-12/h3-4,6-11H,1,5H2/b13-4-,15-9-. The van der Waals surface area contributed by atoms with Crippen molar-refractivity contribution in [2.45, 2.75) is 6.42 Å². The molecule has 2 aliphatic heterocycles. The predicted molar refractivity (Wildman–Crippen MR) is 75.4 cm³/mol. The van der Waals surface area contributed by atoms with Gasteiger partial charge in [0, 0.05) is 35.5 Å². The Morgan fingerprint density at radius 2 is 2.26 bits per heavy atom. The number of hydrogen-bond donors (Lipinski definition) is 0. The molecular formula is C16H12N2O. The molecule has 1 aromatic heterocycles. The molecule has 0 saturated heterocycles. The van der Waals surface area contributed by atoms with Gasteiger partial charge in [0.1, 0.15) is 11.5 Å². The molecule has 92 valence electrons. The number of aromatic nitrogens is 1. The molecule has 0 unspecified atom stereocenters. The zero-order chi connectivity index (χ0) is 13.1. The number of hydrogen-bond acceptors (Lipinski definition) is 3. The molecule has 0 saturated carbocycles. The second-order valence-corrected chi connectivity index (χ2v) is 4.23. The number of allylic oxidation sites excluding steroid dienone is 3. The van der Waals surface area contributed by atoms with E-state index in [0.717, 1.165) is 28.2 Å². The third-order valence-electron chi connectivity index (χ3n) is 2.90. The van der Waals surface area contributed by atoms with Crippen molar-refractivity contribution in [3.8, 4) is 0 Å². The van der Waals surface area contributed by atoms with Gasteiger partial charge in [-0.3, -0.25) is 9.98 Å². The fraction of sp³-hybridized carbons (Fsp3) is 0.0625. The molecule has 1 aromatic rings. The maximum atomic E-state index is 5.76. The molecule has 3 nitrogen and oxygen atoms in total. The van der Waals surface area contributed by atoms with E-state index in [9.17, 15) is 0 Å². The minimum atomic E-state index is 0.574. The minimum Gasteiger partial charge on any atom is -0.457 e. The molecule has 0 spiro atoms. The smallest absolute Gasteiger partial charge is 0.140 e. The van der Waals surface area contributed by atoms with Crippen LogP contribution in [0, 0.1) is 0 Å². The third kappa shape index (κ3) is 2.46. The summed E-state index contributed by atoms with van der Waals surface area (Å²) in [5.41, 5.74) is 3.95. The molecule has 0 aliphatic carbocycles. The molecule has 3 heterocycles. The average Bonchev–Trinajstić information content (AvgIpc) is 2.59. The van der Waals surface area contributed by atoms with Gasteiger partial charge in [0.2, 0.25) is 0 Å². The Morgan fingerprint density at radius 3 is 3.21 bits per heavy atom. The van der Waals surface area contributed by atoms with Crippen molar-refractivity contribution in [2.75, 3.05) is 0 Å².